The van der Waals surface area contributed by atoms with Crippen LogP contribution >= 0.6 is 11.3 Å². The third kappa shape index (κ3) is 3.61. The number of nitrogens with two attached hydrogens (primary N) is 1. The first-order valence-electron chi connectivity index (χ1n) is 5.92. The number of rotatable bonds is 6. The van der Waals surface area contributed by atoms with Crippen LogP contribution in [-0.2, 0) is 10.2 Å². The van der Waals surface area contributed by atoms with Crippen LogP contribution in [-0.4, -0.2) is 22.1 Å². The molecule has 1 heterocycles. The smallest absolute Gasteiger partial charge is 0.243 e. The maximum atomic E-state index is 11.6. The second-order valence-electron chi connectivity index (χ2n) is 4.79. The Labute approximate surface area is 111 Å². The molecule has 1 aromatic rings. The average molecular weight is 268 g/mol. The highest BCUT2D eigenvalue weighted by atomic mass is 32.1. The van der Waals surface area contributed by atoms with Crippen molar-refractivity contribution in [3.05, 3.63) is 17.7 Å². The Morgan fingerprint density at radius 3 is 2.83 bits per heavy atom. The molecule has 1 atom stereocenters. The molecule has 0 radical (unpaired) electrons. The first kappa shape index (κ1) is 14.8. The van der Waals surface area contributed by atoms with Crippen molar-refractivity contribution in [3.63, 3.8) is 0 Å². The van der Waals surface area contributed by atoms with E-state index in [0.717, 1.165) is 11.4 Å². The lowest BCUT2D eigenvalue weighted by Crippen LogP contribution is -2.34. The molecule has 1 aromatic heterocycles. The fourth-order valence-corrected chi connectivity index (χ4v) is 2.24. The average Bonchev–Trinajstić information content (AvgIpc) is 2.77. The Hall–Kier alpha value is -1.27. The summed E-state index contributed by atoms with van der Waals surface area (Å²) in [7, 11) is 0. The fourth-order valence-electron chi connectivity index (χ4n) is 1.38. The van der Waals surface area contributed by atoms with Crippen molar-refractivity contribution >= 4 is 22.4 Å². The first-order valence-corrected chi connectivity index (χ1v) is 6.73. The second kappa shape index (κ2) is 6.06. The normalized spacial score (nSPS) is 13.1. The standard InChI is InChI=1S/C12H20N4OS/c1-5-7-12(3,4)10-15-16-11(18-10)14-9(17)8(13)6-2/h5,8H,1,6-7,13H2,2-4H3,(H,14,16,17). The van der Waals surface area contributed by atoms with Crippen molar-refractivity contribution in [2.45, 2.75) is 45.1 Å². The van der Waals surface area contributed by atoms with Crippen LogP contribution in [0.15, 0.2) is 12.7 Å². The van der Waals surface area contributed by atoms with E-state index in [1.54, 1.807) is 0 Å². The van der Waals surface area contributed by atoms with Crippen molar-refractivity contribution in [2.75, 3.05) is 5.32 Å². The molecule has 1 unspecified atom stereocenters. The predicted molar refractivity (Wildman–Crippen MR) is 74.6 cm³/mol. The Morgan fingerprint density at radius 2 is 2.28 bits per heavy atom. The van der Waals surface area contributed by atoms with Gasteiger partial charge in [0.2, 0.25) is 11.0 Å². The maximum Gasteiger partial charge on any atom is 0.243 e. The van der Waals surface area contributed by atoms with Crippen LogP contribution in [0, 0.1) is 0 Å². The van der Waals surface area contributed by atoms with Gasteiger partial charge in [-0.1, -0.05) is 38.2 Å². The Bertz CT molecular complexity index is 427. The summed E-state index contributed by atoms with van der Waals surface area (Å²) in [6.07, 6.45) is 3.26. The van der Waals surface area contributed by atoms with Crippen molar-refractivity contribution in [3.8, 4) is 0 Å². The highest BCUT2D eigenvalue weighted by Gasteiger charge is 2.24. The summed E-state index contributed by atoms with van der Waals surface area (Å²) in [6.45, 7) is 9.73. The SMILES string of the molecule is C=CCC(C)(C)c1nnc(NC(=O)C(N)CC)s1. The Kier molecular flexibility index (Phi) is 4.98. The van der Waals surface area contributed by atoms with Gasteiger partial charge in [-0.3, -0.25) is 10.1 Å². The van der Waals surface area contributed by atoms with Crippen LogP contribution in [0.2, 0.25) is 0 Å². The molecule has 5 nitrogen and oxygen atoms in total. The molecule has 0 aliphatic rings. The second-order valence-corrected chi connectivity index (χ2v) is 5.77. The van der Waals surface area contributed by atoms with Crippen LogP contribution in [0.25, 0.3) is 0 Å². The summed E-state index contributed by atoms with van der Waals surface area (Å²) in [5.74, 6) is -0.221. The molecule has 0 bridgehead atoms. The van der Waals surface area contributed by atoms with Gasteiger partial charge in [-0.05, 0) is 12.8 Å². The quantitative estimate of drug-likeness (QED) is 0.774. The van der Waals surface area contributed by atoms with Gasteiger partial charge in [0.05, 0.1) is 6.04 Å². The third-order valence-corrected chi connectivity index (χ3v) is 3.87. The van der Waals surface area contributed by atoms with E-state index in [4.69, 9.17) is 5.73 Å². The van der Waals surface area contributed by atoms with Gasteiger partial charge in [0.15, 0.2) is 0 Å². The van der Waals surface area contributed by atoms with E-state index in [9.17, 15) is 4.79 Å². The molecule has 0 aliphatic carbocycles. The maximum absolute atomic E-state index is 11.6. The minimum atomic E-state index is -0.501. The van der Waals surface area contributed by atoms with E-state index in [-0.39, 0.29) is 11.3 Å². The van der Waals surface area contributed by atoms with Gasteiger partial charge < -0.3 is 5.73 Å². The van der Waals surface area contributed by atoms with E-state index in [2.05, 4.69) is 35.9 Å². The molecule has 6 heteroatoms. The van der Waals surface area contributed by atoms with Crippen LogP contribution in [0.3, 0.4) is 0 Å². The van der Waals surface area contributed by atoms with Gasteiger partial charge in [0, 0.05) is 5.41 Å². The van der Waals surface area contributed by atoms with E-state index in [0.29, 0.717) is 11.6 Å². The molecule has 100 valence electrons. The summed E-state index contributed by atoms with van der Waals surface area (Å²) < 4.78 is 0. The number of hydrogen-bond acceptors (Lipinski definition) is 5. The zero-order valence-corrected chi connectivity index (χ0v) is 11.9. The lowest BCUT2D eigenvalue weighted by atomic mass is 9.90. The lowest BCUT2D eigenvalue weighted by Gasteiger charge is -2.18. The molecule has 1 amide bonds. The molecule has 0 fully saturated rings. The largest absolute Gasteiger partial charge is 0.320 e. The number of carbonyl (C=O) groups is 1. The number of allylic oxidation sites excluding steroid dienone is 1. The van der Waals surface area contributed by atoms with Gasteiger partial charge in [0.1, 0.15) is 5.01 Å². The Morgan fingerprint density at radius 1 is 1.61 bits per heavy atom. The topological polar surface area (TPSA) is 80.9 Å². The van der Waals surface area contributed by atoms with Gasteiger partial charge in [-0.15, -0.1) is 16.8 Å². The Balaban J connectivity index is 2.75. The third-order valence-electron chi connectivity index (χ3n) is 2.67. The highest BCUT2D eigenvalue weighted by molar-refractivity contribution is 7.15. The van der Waals surface area contributed by atoms with Crippen LogP contribution in [0.4, 0.5) is 5.13 Å². The molecule has 0 saturated carbocycles. The molecule has 0 spiro atoms. The first-order chi connectivity index (χ1) is 8.40. The van der Waals surface area contributed by atoms with Crippen LogP contribution < -0.4 is 11.1 Å². The van der Waals surface area contributed by atoms with Crippen molar-refractivity contribution in [1.82, 2.24) is 10.2 Å². The van der Waals surface area contributed by atoms with Crippen LogP contribution in [0.1, 0.15) is 38.6 Å². The monoisotopic (exact) mass is 268 g/mol. The zero-order valence-electron chi connectivity index (χ0n) is 11.1. The molecule has 0 saturated heterocycles. The van der Waals surface area contributed by atoms with E-state index >= 15 is 0 Å². The number of amides is 1. The van der Waals surface area contributed by atoms with Gasteiger partial charge in [-0.2, -0.15) is 0 Å². The number of carbonyl (C=O) groups excluding carboxylic acids is 1. The molecule has 0 aliphatic heterocycles. The number of hydrogen-bond donors (Lipinski definition) is 2. The highest BCUT2D eigenvalue weighted by Crippen LogP contribution is 2.31. The minimum Gasteiger partial charge on any atom is -0.320 e. The summed E-state index contributed by atoms with van der Waals surface area (Å²) in [5, 5.41) is 12.1. The summed E-state index contributed by atoms with van der Waals surface area (Å²) in [5.41, 5.74) is 5.52. The number of nitrogens with one attached hydrogen (secondary N) is 1. The number of nitrogens with zero attached hydrogens (tertiary/aromatic N) is 2. The lowest BCUT2D eigenvalue weighted by molar-refractivity contribution is -0.117. The summed E-state index contributed by atoms with van der Waals surface area (Å²) >= 11 is 1.38. The van der Waals surface area contributed by atoms with Crippen molar-refractivity contribution in [2.24, 2.45) is 5.73 Å². The van der Waals surface area contributed by atoms with Crippen LogP contribution in [0.5, 0.6) is 0 Å². The minimum absolute atomic E-state index is 0.116. The number of aromatic nitrogens is 2. The van der Waals surface area contributed by atoms with Crippen molar-refractivity contribution < 1.29 is 4.79 Å². The fraction of sp³-hybridized carbons (Fsp3) is 0.583. The molecular formula is C12H20N4OS. The zero-order chi connectivity index (χ0) is 13.8. The van der Waals surface area contributed by atoms with Gasteiger partial charge in [-0.25, -0.2) is 0 Å². The van der Waals surface area contributed by atoms with Gasteiger partial charge in [0.25, 0.3) is 0 Å². The molecule has 18 heavy (non-hydrogen) atoms. The summed E-state index contributed by atoms with van der Waals surface area (Å²) in [4.78, 5) is 11.6. The molecule has 3 N–H and O–H groups in total. The van der Waals surface area contributed by atoms with E-state index in [1.165, 1.54) is 11.3 Å². The van der Waals surface area contributed by atoms with E-state index in [1.807, 2.05) is 13.0 Å². The molecule has 0 aromatic carbocycles. The molecular weight excluding hydrogens is 248 g/mol. The predicted octanol–water partition coefficient (Wildman–Crippen LogP) is 2.07. The summed E-state index contributed by atoms with van der Waals surface area (Å²) in [6, 6.07) is -0.501. The number of anilines is 1. The van der Waals surface area contributed by atoms with Gasteiger partial charge >= 0.3 is 0 Å². The van der Waals surface area contributed by atoms with Crippen molar-refractivity contribution in [1.29, 1.82) is 0 Å². The molecule has 1 rings (SSSR count). The van der Waals surface area contributed by atoms with E-state index < -0.39 is 6.04 Å².